The lowest BCUT2D eigenvalue weighted by Crippen LogP contribution is -2.62. The summed E-state index contributed by atoms with van der Waals surface area (Å²) in [5.74, 6) is 1.46. The molecule has 0 aliphatic carbocycles. The van der Waals surface area contributed by atoms with Crippen molar-refractivity contribution in [3.63, 3.8) is 0 Å². The second-order valence-electron chi connectivity index (χ2n) is 6.54. The quantitative estimate of drug-likeness (QED) is 0.770. The molecule has 1 saturated heterocycles. The Morgan fingerprint density at radius 1 is 1.26 bits per heavy atom. The fourth-order valence-electron chi connectivity index (χ4n) is 3.06. The lowest BCUT2D eigenvalue weighted by molar-refractivity contribution is 0.0360. The summed E-state index contributed by atoms with van der Waals surface area (Å²) in [6.45, 7) is 14.9. The first-order valence-electron chi connectivity index (χ1n) is 7.99. The zero-order chi connectivity index (χ0) is 14.4. The van der Waals surface area contributed by atoms with Crippen molar-refractivity contribution in [3.05, 3.63) is 0 Å². The van der Waals surface area contributed by atoms with Crippen LogP contribution in [0.4, 0.5) is 0 Å². The number of nitrogens with zero attached hydrogens (tertiary/aromatic N) is 1. The highest BCUT2D eigenvalue weighted by atomic mass is 16.5. The largest absolute Gasteiger partial charge is 0.385 e. The van der Waals surface area contributed by atoms with Gasteiger partial charge in [-0.2, -0.15) is 0 Å². The van der Waals surface area contributed by atoms with Crippen LogP contribution in [0.15, 0.2) is 0 Å². The molecule has 1 N–H and O–H groups in total. The van der Waals surface area contributed by atoms with Gasteiger partial charge in [-0.3, -0.25) is 4.90 Å². The summed E-state index contributed by atoms with van der Waals surface area (Å²) in [5.41, 5.74) is 0. The molecule has 0 radical (unpaired) electrons. The molecule has 4 unspecified atom stereocenters. The first-order chi connectivity index (χ1) is 9.01. The smallest absolute Gasteiger partial charge is 0.0477 e. The summed E-state index contributed by atoms with van der Waals surface area (Å²) < 4.78 is 5.25. The number of piperazine rings is 1. The molecule has 0 aromatic carbocycles. The van der Waals surface area contributed by atoms with Crippen molar-refractivity contribution < 1.29 is 4.74 Å². The van der Waals surface area contributed by atoms with Crippen LogP contribution in [0.1, 0.15) is 47.5 Å². The monoisotopic (exact) mass is 270 g/mol. The van der Waals surface area contributed by atoms with E-state index in [1.54, 1.807) is 7.11 Å². The van der Waals surface area contributed by atoms with Crippen LogP contribution in [0.3, 0.4) is 0 Å². The van der Waals surface area contributed by atoms with Crippen LogP contribution in [-0.4, -0.2) is 49.8 Å². The Labute approximate surface area is 120 Å². The normalized spacial score (nSPS) is 28.6. The molecule has 3 heteroatoms. The minimum atomic E-state index is 0.612. The second kappa shape index (κ2) is 8.23. The minimum Gasteiger partial charge on any atom is -0.385 e. The van der Waals surface area contributed by atoms with Gasteiger partial charge in [-0.05, 0) is 25.2 Å². The summed E-state index contributed by atoms with van der Waals surface area (Å²) in [7, 11) is 1.80. The van der Waals surface area contributed by atoms with Crippen molar-refractivity contribution in [1.82, 2.24) is 10.2 Å². The second-order valence-corrected chi connectivity index (χ2v) is 6.54. The van der Waals surface area contributed by atoms with Gasteiger partial charge < -0.3 is 10.1 Å². The third kappa shape index (κ3) is 4.73. The van der Waals surface area contributed by atoms with Crippen LogP contribution < -0.4 is 5.32 Å². The number of methoxy groups -OCH3 is 1. The maximum Gasteiger partial charge on any atom is 0.0477 e. The summed E-state index contributed by atoms with van der Waals surface area (Å²) in [6, 6.07) is 1.91. The highest BCUT2D eigenvalue weighted by molar-refractivity contribution is 4.91. The van der Waals surface area contributed by atoms with E-state index in [9.17, 15) is 0 Å². The van der Waals surface area contributed by atoms with Crippen molar-refractivity contribution in [2.45, 2.75) is 65.6 Å². The third-order valence-corrected chi connectivity index (χ3v) is 4.83. The first-order valence-corrected chi connectivity index (χ1v) is 7.99. The molecule has 114 valence electrons. The van der Waals surface area contributed by atoms with Crippen LogP contribution in [-0.2, 0) is 4.74 Å². The van der Waals surface area contributed by atoms with Gasteiger partial charge >= 0.3 is 0 Å². The molecule has 0 spiro atoms. The van der Waals surface area contributed by atoms with Gasteiger partial charge in [0.05, 0.1) is 0 Å². The Morgan fingerprint density at radius 2 is 1.95 bits per heavy atom. The molecule has 0 saturated carbocycles. The number of ether oxygens (including phenoxy) is 1. The topological polar surface area (TPSA) is 24.5 Å². The molecule has 19 heavy (non-hydrogen) atoms. The van der Waals surface area contributed by atoms with Gasteiger partial charge in [0.1, 0.15) is 0 Å². The summed E-state index contributed by atoms with van der Waals surface area (Å²) >= 11 is 0. The van der Waals surface area contributed by atoms with Gasteiger partial charge in [-0.15, -0.1) is 0 Å². The first kappa shape index (κ1) is 16.9. The Hall–Kier alpha value is -0.120. The van der Waals surface area contributed by atoms with E-state index in [-0.39, 0.29) is 0 Å². The molecule has 1 aliphatic heterocycles. The van der Waals surface area contributed by atoms with E-state index in [0.717, 1.165) is 25.5 Å². The van der Waals surface area contributed by atoms with E-state index >= 15 is 0 Å². The maximum absolute atomic E-state index is 5.25. The molecular weight excluding hydrogens is 236 g/mol. The van der Waals surface area contributed by atoms with Gasteiger partial charge in [0, 0.05) is 44.9 Å². The van der Waals surface area contributed by atoms with E-state index in [1.165, 1.54) is 13.0 Å². The van der Waals surface area contributed by atoms with Gasteiger partial charge in [0.25, 0.3) is 0 Å². The Morgan fingerprint density at radius 3 is 2.47 bits per heavy atom. The average molecular weight is 270 g/mol. The zero-order valence-corrected chi connectivity index (χ0v) is 13.8. The molecule has 1 fully saturated rings. The van der Waals surface area contributed by atoms with Gasteiger partial charge in [0.2, 0.25) is 0 Å². The van der Waals surface area contributed by atoms with Gasteiger partial charge in [0.15, 0.2) is 0 Å². The summed E-state index contributed by atoms with van der Waals surface area (Å²) in [5, 5.41) is 3.77. The number of hydrogen-bond acceptors (Lipinski definition) is 3. The Bertz CT molecular complexity index is 245. The SMILES string of the molecule is CCC(C)C1CN(C(C)CCOC)C(C(C)C)CN1. The van der Waals surface area contributed by atoms with Crippen molar-refractivity contribution in [3.8, 4) is 0 Å². The standard InChI is InChI=1S/C16H34N2O/c1-7-13(4)15-11-18(14(5)8-9-19-6)16(10-17-15)12(2)3/h12-17H,7-11H2,1-6H3. The summed E-state index contributed by atoms with van der Waals surface area (Å²) in [6.07, 6.45) is 2.39. The fourth-order valence-corrected chi connectivity index (χ4v) is 3.06. The van der Waals surface area contributed by atoms with Crippen molar-refractivity contribution in [1.29, 1.82) is 0 Å². The highest BCUT2D eigenvalue weighted by Crippen LogP contribution is 2.23. The molecule has 1 rings (SSSR count). The highest BCUT2D eigenvalue weighted by Gasteiger charge is 2.33. The number of nitrogens with one attached hydrogen (secondary N) is 1. The minimum absolute atomic E-state index is 0.612. The molecule has 0 aromatic rings. The molecule has 1 aliphatic rings. The molecular formula is C16H34N2O. The number of hydrogen-bond donors (Lipinski definition) is 1. The van der Waals surface area contributed by atoms with Gasteiger partial charge in [-0.1, -0.05) is 34.1 Å². The van der Waals surface area contributed by atoms with Crippen molar-refractivity contribution >= 4 is 0 Å². The predicted molar refractivity (Wildman–Crippen MR) is 82.5 cm³/mol. The molecule has 0 amide bonds. The van der Waals surface area contributed by atoms with E-state index < -0.39 is 0 Å². The van der Waals surface area contributed by atoms with Crippen LogP contribution in [0.25, 0.3) is 0 Å². The van der Waals surface area contributed by atoms with Crippen molar-refractivity contribution in [2.75, 3.05) is 26.8 Å². The molecule has 0 bridgehead atoms. The zero-order valence-electron chi connectivity index (χ0n) is 13.8. The molecule has 4 atom stereocenters. The van der Waals surface area contributed by atoms with E-state index in [4.69, 9.17) is 4.74 Å². The Kier molecular flexibility index (Phi) is 7.33. The lowest BCUT2D eigenvalue weighted by atomic mass is 9.90. The molecule has 1 heterocycles. The van der Waals surface area contributed by atoms with Crippen LogP contribution >= 0.6 is 0 Å². The summed E-state index contributed by atoms with van der Waals surface area (Å²) in [4.78, 5) is 2.72. The van der Waals surface area contributed by atoms with E-state index in [2.05, 4.69) is 44.8 Å². The number of rotatable bonds is 7. The molecule has 0 aromatic heterocycles. The van der Waals surface area contributed by atoms with E-state index in [0.29, 0.717) is 24.0 Å². The lowest BCUT2D eigenvalue weighted by Gasteiger charge is -2.47. The maximum atomic E-state index is 5.25. The predicted octanol–water partition coefficient (Wildman–Crippen LogP) is 2.76. The van der Waals surface area contributed by atoms with E-state index in [1.807, 2.05) is 0 Å². The third-order valence-electron chi connectivity index (χ3n) is 4.83. The fraction of sp³-hybridized carbons (Fsp3) is 1.00. The van der Waals surface area contributed by atoms with Gasteiger partial charge in [-0.25, -0.2) is 0 Å². The van der Waals surface area contributed by atoms with Crippen LogP contribution in [0.5, 0.6) is 0 Å². The van der Waals surface area contributed by atoms with Crippen LogP contribution in [0.2, 0.25) is 0 Å². The molecule has 3 nitrogen and oxygen atoms in total. The Balaban J connectivity index is 2.67. The average Bonchev–Trinajstić information content (AvgIpc) is 2.42. The van der Waals surface area contributed by atoms with Crippen molar-refractivity contribution in [2.24, 2.45) is 11.8 Å². The van der Waals surface area contributed by atoms with Crippen LogP contribution in [0, 0.1) is 11.8 Å².